The van der Waals surface area contributed by atoms with Crippen LogP contribution in [-0.4, -0.2) is 33.2 Å². The van der Waals surface area contributed by atoms with Gasteiger partial charge in [0.2, 0.25) is 5.91 Å². The summed E-state index contributed by atoms with van der Waals surface area (Å²) in [6.45, 7) is 6.77. The zero-order chi connectivity index (χ0) is 20.2. The molecule has 2 unspecified atom stereocenters. The topological polar surface area (TPSA) is 85.2 Å². The predicted octanol–water partition coefficient (Wildman–Crippen LogP) is 2.68. The summed E-state index contributed by atoms with van der Waals surface area (Å²) in [5, 5.41) is 5.35. The van der Waals surface area contributed by atoms with Gasteiger partial charge in [0.05, 0.1) is 0 Å². The number of carbonyl (C=O) groups excluding carboxylic acids is 2. The van der Waals surface area contributed by atoms with E-state index in [1.807, 2.05) is 0 Å². The molecular weight excluding hydrogens is 351 g/mol. The van der Waals surface area contributed by atoms with Gasteiger partial charge in [0.25, 0.3) is 0 Å². The van der Waals surface area contributed by atoms with Gasteiger partial charge in [0, 0.05) is 19.4 Å². The number of ether oxygens (including phenoxy) is 1. The molecule has 2 N–H and O–H groups in total. The Hall–Kier alpha value is -2.90. The molecule has 0 aliphatic carbocycles. The van der Waals surface area contributed by atoms with Crippen LogP contribution in [0.5, 0.6) is 0 Å². The van der Waals surface area contributed by atoms with Gasteiger partial charge >= 0.3 is 6.09 Å². The van der Waals surface area contributed by atoms with Gasteiger partial charge in [-0.15, -0.1) is 0 Å². The van der Waals surface area contributed by atoms with E-state index >= 15 is 0 Å². The summed E-state index contributed by atoms with van der Waals surface area (Å²) < 4.78 is 20.2. The number of alkyl carbamates (subject to hydrolysis) is 1. The van der Waals surface area contributed by atoms with Crippen LogP contribution in [0.15, 0.2) is 36.7 Å². The van der Waals surface area contributed by atoms with Gasteiger partial charge in [-0.05, 0) is 45.4 Å². The van der Waals surface area contributed by atoms with E-state index in [0.29, 0.717) is 11.4 Å². The predicted molar refractivity (Wildman–Crippen MR) is 98.4 cm³/mol. The van der Waals surface area contributed by atoms with E-state index in [1.165, 1.54) is 12.1 Å². The fourth-order valence-corrected chi connectivity index (χ4v) is 2.42. The lowest BCUT2D eigenvalue weighted by Gasteiger charge is -2.24. The second kappa shape index (κ2) is 8.20. The smallest absolute Gasteiger partial charge is 0.408 e. The van der Waals surface area contributed by atoms with Crippen molar-refractivity contribution in [2.24, 2.45) is 7.05 Å². The zero-order valence-electron chi connectivity index (χ0n) is 16.1. The summed E-state index contributed by atoms with van der Waals surface area (Å²) in [7, 11) is 1.80. The molecule has 0 spiro atoms. The number of carbonyl (C=O) groups is 2. The first-order chi connectivity index (χ1) is 12.6. The Morgan fingerprint density at radius 2 is 1.81 bits per heavy atom. The Balaban J connectivity index is 2.15. The quantitative estimate of drug-likeness (QED) is 0.840. The number of amides is 2. The minimum absolute atomic E-state index is 0.372. The fourth-order valence-electron chi connectivity index (χ4n) is 2.42. The third-order valence-corrected chi connectivity index (χ3v) is 3.73. The van der Waals surface area contributed by atoms with Crippen LogP contribution < -0.4 is 10.6 Å². The Bertz CT molecular complexity index is 796. The molecule has 27 heavy (non-hydrogen) atoms. The molecule has 7 nitrogen and oxygen atoms in total. The summed E-state index contributed by atoms with van der Waals surface area (Å²) in [6, 6.07) is 4.38. The molecule has 2 amide bonds. The number of rotatable bonds is 5. The standard InChI is InChI=1S/C19H25FN4O3/c1-12(22-18(26)27-19(2,3)4)17(25)23-15(16-21-10-11-24(16)5)13-6-8-14(20)9-7-13/h6-12,15H,1-5H3,(H,22,26)(H,23,25). The maximum absolute atomic E-state index is 13.3. The van der Waals surface area contributed by atoms with Gasteiger partial charge in [-0.2, -0.15) is 0 Å². The van der Waals surface area contributed by atoms with Crippen LogP contribution in [0.25, 0.3) is 0 Å². The molecular formula is C19H25FN4O3. The zero-order valence-corrected chi connectivity index (χ0v) is 16.1. The van der Waals surface area contributed by atoms with Crippen LogP contribution in [-0.2, 0) is 16.6 Å². The molecule has 146 valence electrons. The Morgan fingerprint density at radius 1 is 1.19 bits per heavy atom. The van der Waals surface area contributed by atoms with Crippen molar-refractivity contribution in [3.63, 3.8) is 0 Å². The second-order valence-electron chi connectivity index (χ2n) is 7.26. The molecule has 1 aromatic heterocycles. The molecule has 0 fully saturated rings. The summed E-state index contributed by atoms with van der Waals surface area (Å²) >= 11 is 0. The molecule has 0 aliphatic rings. The minimum atomic E-state index is -0.830. The van der Waals surface area contributed by atoms with Crippen LogP contribution in [0.1, 0.15) is 45.1 Å². The molecule has 0 bridgehead atoms. The van der Waals surface area contributed by atoms with Crippen molar-refractivity contribution >= 4 is 12.0 Å². The van der Waals surface area contributed by atoms with E-state index < -0.39 is 29.7 Å². The van der Waals surface area contributed by atoms with Gasteiger partial charge in [-0.3, -0.25) is 4.79 Å². The van der Waals surface area contributed by atoms with Crippen molar-refractivity contribution < 1.29 is 18.7 Å². The average molecular weight is 376 g/mol. The molecule has 2 rings (SSSR count). The van der Waals surface area contributed by atoms with Crippen molar-refractivity contribution in [1.82, 2.24) is 20.2 Å². The highest BCUT2D eigenvalue weighted by atomic mass is 19.1. The van der Waals surface area contributed by atoms with E-state index in [4.69, 9.17) is 4.74 Å². The number of halogens is 1. The van der Waals surface area contributed by atoms with Crippen LogP contribution in [0.2, 0.25) is 0 Å². The third kappa shape index (κ3) is 5.80. The number of aromatic nitrogens is 2. The Kier molecular flexibility index (Phi) is 6.20. The average Bonchev–Trinajstić information content (AvgIpc) is 2.97. The molecule has 0 aliphatic heterocycles. The molecule has 2 aromatic rings. The second-order valence-corrected chi connectivity index (χ2v) is 7.26. The molecule has 2 atom stereocenters. The Morgan fingerprint density at radius 3 is 2.33 bits per heavy atom. The minimum Gasteiger partial charge on any atom is -0.444 e. The third-order valence-electron chi connectivity index (χ3n) is 3.73. The lowest BCUT2D eigenvalue weighted by molar-refractivity contribution is -0.123. The van der Waals surface area contributed by atoms with Crippen LogP contribution in [0.4, 0.5) is 9.18 Å². The monoisotopic (exact) mass is 376 g/mol. The van der Waals surface area contributed by atoms with Gasteiger partial charge in [-0.25, -0.2) is 14.2 Å². The van der Waals surface area contributed by atoms with Crippen molar-refractivity contribution in [3.05, 3.63) is 53.9 Å². The summed E-state index contributed by atoms with van der Waals surface area (Å²) in [5.41, 5.74) is 0.00711. The van der Waals surface area contributed by atoms with E-state index in [2.05, 4.69) is 15.6 Å². The van der Waals surface area contributed by atoms with Crippen molar-refractivity contribution in [2.75, 3.05) is 0 Å². The van der Waals surface area contributed by atoms with E-state index in [0.717, 1.165) is 0 Å². The summed E-state index contributed by atoms with van der Waals surface area (Å²) in [6.07, 6.45) is 2.68. The number of nitrogens with zero attached hydrogens (tertiary/aromatic N) is 2. The Labute approximate surface area is 157 Å². The summed E-state index contributed by atoms with van der Waals surface area (Å²) in [4.78, 5) is 28.8. The van der Waals surface area contributed by atoms with Crippen molar-refractivity contribution in [2.45, 2.75) is 45.4 Å². The first-order valence-electron chi connectivity index (χ1n) is 8.59. The lowest BCUT2D eigenvalue weighted by Crippen LogP contribution is -2.47. The highest BCUT2D eigenvalue weighted by Gasteiger charge is 2.25. The largest absolute Gasteiger partial charge is 0.444 e. The number of nitrogens with one attached hydrogen (secondary N) is 2. The molecule has 1 heterocycles. The van der Waals surface area contributed by atoms with Crippen molar-refractivity contribution in [1.29, 1.82) is 0 Å². The van der Waals surface area contributed by atoms with Crippen LogP contribution in [0, 0.1) is 5.82 Å². The maximum Gasteiger partial charge on any atom is 0.408 e. The van der Waals surface area contributed by atoms with E-state index in [1.54, 1.807) is 63.8 Å². The molecule has 8 heteroatoms. The van der Waals surface area contributed by atoms with Crippen LogP contribution >= 0.6 is 0 Å². The maximum atomic E-state index is 13.3. The number of hydrogen-bond donors (Lipinski definition) is 2. The normalized spacial score (nSPS) is 13.6. The van der Waals surface area contributed by atoms with Crippen LogP contribution in [0.3, 0.4) is 0 Å². The van der Waals surface area contributed by atoms with Gasteiger partial charge in [0.15, 0.2) is 0 Å². The highest BCUT2D eigenvalue weighted by Crippen LogP contribution is 2.21. The SMILES string of the molecule is CC(NC(=O)OC(C)(C)C)C(=O)NC(c1ccc(F)cc1)c1nccn1C. The van der Waals surface area contributed by atoms with Gasteiger partial charge in [0.1, 0.15) is 29.3 Å². The lowest BCUT2D eigenvalue weighted by atomic mass is 10.1. The van der Waals surface area contributed by atoms with Gasteiger partial charge in [-0.1, -0.05) is 12.1 Å². The fraction of sp³-hybridized carbons (Fsp3) is 0.421. The molecule has 0 saturated heterocycles. The summed E-state index contributed by atoms with van der Waals surface area (Å²) in [5.74, 6) is -0.207. The first-order valence-corrected chi connectivity index (χ1v) is 8.59. The molecule has 1 aromatic carbocycles. The number of benzene rings is 1. The number of hydrogen-bond acceptors (Lipinski definition) is 4. The number of imidazole rings is 1. The van der Waals surface area contributed by atoms with Gasteiger partial charge < -0.3 is 19.9 Å². The molecule has 0 saturated carbocycles. The van der Waals surface area contributed by atoms with E-state index in [-0.39, 0.29) is 5.82 Å². The highest BCUT2D eigenvalue weighted by molar-refractivity contribution is 5.85. The number of aryl methyl sites for hydroxylation is 1. The molecule has 0 radical (unpaired) electrons. The first kappa shape index (κ1) is 20.4. The van der Waals surface area contributed by atoms with Crippen molar-refractivity contribution in [3.8, 4) is 0 Å². The van der Waals surface area contributed by atoms with E-state index in [9.17, 15) is 14.0 Å².